The van der Waals surface area contributed by atoms with Crippen molar-refractivity contribution in [2.75, 3.05) is 11.9 Å². The summed E-state index contributed by atoms with van der Waals surface area (Å²) in [5.74, 6) is 0.296. The smallest absolute Gasteiger partial charge is 0.406 e. The first-order valence-electron chi connectivity index (χ1n) is 5.88. The third-order valence-corrected chi connectivity index (χ3v) is 2.42. The number of hydrogen-bond donors (Lipinski definition) is 1. The Hall–Kier alpha value is -2.31. The van der Waals surface area contributed by atoms with E-state index in [2.05, 4.69) is 20.0 Å². The monoisotopic (exact) mass is 283 g/mol. The Kier molecular flexibility index (Phi) is 4.39. The lowest BCUT2D eigenvalue weighted by Crippen LogP contribution is -2.17. The van der Waals surface area contributed by atoms with Gasteiger partial charge < -0.3 is 10.1 Å². The van der Waals surface area contributed by atoms with Crippen molar-refractivity contribution in [1.82, 2.24) is 9.97 Å². The zero-order chi connectivity index (χ0) is 14.4. The van der Waals surface area contributed by atoms with Crippen molar-refractivity contribution in [2.45, 2.75) is 12.8 Å². The van der Waals surface area contributed by atoms with Gasteiger partial charge in [0.25, 0.3) is 0 Å². The largest absolute Gasteiger partial charge is 0.573 e. The number of anilines is 1. The predicted molar refractivity (Wildman–Crippen MR) is 67.4 cm³/mol. The number of rotatable bonds is 5. The van der Waals surface area contributed by atoms with Gasteiger partial charge in [-0.25, -0.2) is 9.97 Å². The van der Waals surface area contributed by atoms with Crippen molar-refractivity contribution in [2.24, 2.45) is 0 Å². The highest BCUT2D eigenvalue weighted by molar-refractivity contribution is 5.29. The fourth-order valence-electron chi connectivity index (χ4n) is 1.57. The van der Waals surface area contributed by atoms with Gasteiger partial charge in [-0.15, -0.1) is 13.2 Å². The molecule has 0 amide bonds. The summed E-state index contributed by atoms with van der Waals surface area (Å²) in [4.78, 5) is 7.99. The fourth-order valence-corrected chi connectivity index (χ4v) is 1.57. The average molecular weight is 283 g/mol. The number of benzene rings is 1. The van der Waals surface area contributed by atoms with Gasteiger partial charge in [-0.2, -0.15) is 0 Å². The molecule has 2 rings (SSSR count). The maximum atomic E-state index is 12.0. The summed E-state index contributed by atoms with van der Waals surface area (Å²) < 4.78 is 39.8. The summed E-state index contributed by atoms with van der Waals surface area (Å²) in [7, 11) is 0. The number of alkyl halides is 3. The van der Waals surface area contributed by atoms with Crippen molar-refractivity contribution >= 4 is 5.95 Å². The molecule has 2 aromatic rings. The third kappa shape index (κ3) is 4.75. The minimum atomic E-state index is -4.66. The van der Waals surface area contributed by atoms with Crippen molar-refractivity contribution < 1.29 is 17.9 Å². The van der Waals surface area contributed by atoms with Crippen LogP contribution in [-0.2, 0) is 6.42 Å². The molecule has 106 valence electrons. The maximum Gasteiger partial charge on any atom is 0.573 e. The van der Waals surface area contributed by atoms with Gasteiger partial charge in [0.2, 0.25) is 5.95 Å². The molecule has 0 aliphatic rings. The van der Waals surface area contributed by atoms with Crippen LogP contribution in [0.2, 0.25) is 0 Å². The Morgan fingerprint density at radius 3 is 2.30 bits per heavy atom. The van der Waals surface area contributed by atoms with Crippen LogP contribution in [0.1, 0.15) is 5.56 Å². The van der Waals surface area contributed by atoms with E-state index in [-0.39, 0.29) is 5.75 Å². The van der Waals surface area contributed by atoms with Crippen molar-refractivity contribution in [1.29, 1.82) is 0 Å². The van der Waals surface area contributed by atoms with Crippen LogP contribution in [-0.4, -0.2) is 22.9 Å². The van der Waals surface area contributed by atoms with E-state index in [4.69, 9.17) is 0 Å². The van der Waals surface area contributed by atoms with Crippen LogP contribution in [0.15, 0.2) is 42.7 Å². The van der Waals surface area contributed by atoms with E-state index in [0.717, 1.165) is 5.56 Å². The Morgan fingerprint density at radius 2 is 1.70 bits per heavy atom. The van der Waals surface area contributed by atoms with Crippen LogP contribution in [0.3, 0.4) is 0 Å². The van der Waals surface area contributed by atoms with Crippen molar-refractivity contribution in [3.8, 4) is 5.75 Å². The van der Waals surface area contributed by atoms with Gasteiger partial charge in [0.15, 0.2) is 0 Å². The molecular formula is C13H12F3N3O. The first-order valence-corrected chi connectivity index (χ1v) is 5.88. The standard InChI is InChI=1S/C13H12F3N3O/c14-13(15,16)20-11-4-2-10(3-5-11)6-9-19-12-17-7-1-8-18-12/h1-5,7-8H,6,9H2,(H,17,18,19). The Labute approximate surface area is 113 Å². The lowest BCUT2D eigenvalue weighted by molar-refractivity contribution is -0.274. The third-order valence-electron chi connectivity index (χ3n) is 2.42. The summed E-state index contributed by atoms with van der Waals surface area (Å²) >= 11 is 0. The minimum absolute atomic E-state index is 0.222. The summed E-state index contributed by atoms with van der Waals surface area (Å²) in [5, 5.41) is 3.01. The molecule has 0 aliphatic carbocycles. The molecule has 20 heavy (non-hydrogen) atoms. The molecule has 0 saturated heterocycles. The molecule has 4 nitrogen and oxygen atoms in total. The number of nitrogens with zero attached hydrogens (tertiary/aromatic N) is 2. The van der Waals surface area contributed by atoms with Gasteiger partial charge in [0.05, 0.1) is 0 Å². The van der Waals surface area contributed by atoms with Crippen LogP contribution < -0.4 is 10.1 Å². The molecule has 1 aromatic carbocycles. The van der Waals surface area contributed by atoms with E-state index >= 15 is 0 Å². The zero-order valence-corrected chi connectivity index (χ0v) is 10.4. The van der Waals surface area contributed by atoms with Gasteiger partial charge in [-0.1, -0.05) is 12.1 Å². The lowest BCUT2D eigenvalue weighted by atomic mass is 10.1. The second kappa shape index (κ2) is 6.23. The molecule has 0 radical (unpaired) electrons. The highest BCUT2D eigenvalue weighted by Gasteiger charge is 2.30. The molecule has 0 aliphatic heterocycles. The average Bonchev–Trinajstić information content (AvgIpc) is 2.40. The zero-order valence-electron chi connectivity index (χ0n) is 10.4. The Morgan fingerprint density at radius 1 is 1.05 bits per heavy atom. The molecule has 1 N–H and O–H groups in total. The number of nitrogens with one attached hydrogen (secondary N) is 1. The molecule has 0 atom stereocenters. The normalized spacial score (nSPS) is 11.2. The van der Waals surface area contributed by atoms with Crippen LogP contribution in [0.4, 0.5) is 19.1 Å². The van der Waals surface area contributed by atoms with E-state index in [1.165, 1.54) is 12.1 Å². The van der Waals surface area contributed by atoms with E-state index in [9.17, 15) is 13.2 Å². The highest BCUT2D eigenvalue weighted by atomic mass is 19.4. The summed E-state index contributed by atoms with van der Waals surface area (Å²) in [6.07, 6.45) is -0.768. The molecular weight excluding hydrogens is 271 g/mol. The van der Waals surface area contributed by atoms with E-state index in [1.54, 1.807) is 30.6 Å². The molecule has 0 saturated carbocycles. The SMILES string of the molecule is FC(F)(F)Oc1ccc(CCNc2ncccn2)cc1. The first-order chi connectivity index (χ1) is 9.53. The van der Waals surface area contributed by atoms with Crippen molar-refractivity contribution in [3.63, 3.8) is 0 Å². The van der Waals surface area contributed by atoms with E-state index < -0.39 is 6.36 Å². The van der Waals surface area contributed by atoms with E-state index in [1.807, 2.05) is 0 Å². The molecule has 0 bridgehead atoms. The highest BCUT2D eigenvalue weighted by Crippen LogP contribution is 2.22. The first kappa shape index (κ1) is 14.1. The molecule has 0 fully saturated rings. The van der Waals surface area contributed by atoms with Crippen LogP contribution in [0.5, 0.6) is 5.75 Å². The number of aromatic nitrogens is 2. The molecule has 0 spiro atoms. The van der Waals surface area contributed by atoms with Gasteiger partial charge >= 0.3 is 6.36 Å². The van der Waals surface area contributed by atoms with Crippen LogP contribution in [0.25, 0.3) is 0 Å². The second-order valence-electron chi connectivity index (χ2n) is 3.94. The quantitative estimate of drug-likeness (QED) is 0.916. The van der Waals surface area contributed by atoms with Crippen LogP contribution in [0, 0.1) is 0 Å². The van der Waals surface area contributed by atoms with Gasteiger partial charge in [0.1, 0.15) is 5.75 Å². The molecule has 7 heteroatoms. The number of ether oxygens (including phenoxy) is 1. The fraction of sp³-hybridized carbons (Fsp3) is 0.231. The van der Waals surface area contributed by atoms with Crippen LogP contribution >= 0.6 is 0 Å². The maximum absolute atomic E-state index is 12.0. The summed E-state index contributed by atoms with van der Waals surface area (Å²) in [6.45, 7) is 0.587. The van der Waals surface area contributed by atoms with Gasteiger partial charge in [-0.05, 0) is 30.2 Å². The Bertz CT molecular complexity index is 529. The second-order valence-corrected chi connectivity index (χ2v) is 3.94. The van der Waals surface area contributed by atoms with E-state index in [0.29, 0.717) is 18.9 Å². The summed E-state index contributed by atoms with van der Waals surface area (Å²) in [5.41, 5.74) is 0.892. The molecule has 1 heterocycles. The van der Waals surface area contributed by atoms with Gasteiger partial charge in [-0.3, -0.25) is 0 Å². The molecule has 0 unspecified atom stereocenters. The predicted octanol–water partition coefficient (Wildman–Crippen LogP) is 3.03. The summed E-state index contributed by atoms with van der Waals surface area (Å²) in [6, 6.07) is 7.48. The van der Waals surface area contributed by atoms with Gasteiger partial charge in [0, 0.05) is 18.9 Å². The lowest BCUT2D eigenvalue weighted by Gasteiger charge is -2.09. The topological polar surface area (TPSA) is 47.0 Å². The number of hydrogen-bond acceptors (Lipinski definition) is 4. The molecule has 1 aromatic heterocycles. The minimum Gasteiger partial charge on any atom is -0.406 e. The number of halogens is 3. The Balaban J connectivity index is 1.82. The van der Waals surface area contributed by atoms with Crippen molar-refractivity contribution in [3.05, 3.63) is 48.3 Å².